The van der Waals surface area contributed by atoms with Crippen LogP contribution in [0.4, 0.5) is 0 Å². The summed E-state index contributed by atoms with van der Waals surface area (Å²) in [5, 5.41) is 0. The molecule has 3 atom stereocenters. The van der Waals surface area contributed by atoms with Gasteiger partial charge in [-0.05, 0) is 17.2 Å². The Hall–Kier alpha value is -1.17. The van der Waals surface area contributed by atoms with Gasteiger partial charge in [0.15, 0.2) is 0 Å². The van der Waals surface area contributed by atoms with E-state index in [0.29, 0.717) is 6.42 Å². The van der Waals surface area contributed by atoms with Crippen molar-refractivity contribution >= 4 is 14.0 Å². The van der Waals surface area contributed by atoms with Gasteiger partial charge in [0.25, 0.3) is 0 Å². The standard InChI is InChI=1S/C17H24O4Si/c1-22(2,3)9-8-19-11-20-16-12-6-4-5-7-13(12)17-14(16)10-15(18)21-17/h4-7,14,16-17H,8-11H2,1-3H3/t14-,16-,17+/m0/s1. The number of rotatable bonds is 6. The van der Waals surface area contributed by atoms with Crippen molar-refractivity contribution in [2.24, 2.45) is 5.92 Å². The summed E-state index contributed by atoms with van der Waals surface area (Å²) < 4.78 is 17.1. The molecule has 0 unspecified atom stereocenters. The summed E-state index contributed by atoms with van der Waals surface area (Å²) in [6, 6.07) is 9.21. The van der Waals surface area contributed by atoms with Crippen LogP contribution in [0, 0.1) is 5.92 Å². The number of hydrogen-bond acceptors (Lipinski definition) is 4. The van der Waals surface area contributed by atoms with Gasteiger partial charge in [0, 0.05) is 20.6 Å². The first-order valence-electron chi connectivity index (χ1n) is 7.93. The third-order valence-corrected chi connectivity index (χ3v) is 6.08. The summed E-state index contributed by atoms with van der Waals surface area (Å²) in [6.07, 6.45) is 0.189. The highest BCUT2D eigenvalue weighted by Crippen LogP contribution is 2.52. The number of ether oxygens (including phenoxy) is 3. The molecule has 1 aromatic carbocycles. The van der Waals surface area contributed by atoms with Gasteiger partial charge in [0.2, 0.25) is 0 Å². The third kappa shape index (κ3) is 3.26. The van der Waals surface area contributed by atoms with Crippen molar-refractivity contribution in [3.05, 3.63) is 35.4 Å². The highest BCUT2D eigenvalue weighted by atomic mass is 28.3. The maximum Gasteiger partial charge on any atom is 0.306 e. The van der Waals surface area contributed by atoms with E-state index in [0.717, 1.165) is 23.8 Å². The van der Waals surface area contributed by atoms with Crippen LogP contribution in [0.3, 0.4) is 0 Å². The molecule has 1 heterocycles. The highest BCUT2D eigenvalue weighted by molar-refractivity contribution is 6.76. The van der Waals surface area contributed by atoms with E-state index in [1.54, 1.807) is 0 Å². The lowest BCUT2D eigenvalue weighted by atomic mass is 10.00. The molecule has 0 amide bonds. The first-order valence-corrected chi connectivity index (χ1v) is 11.6. The van der Waals surface area contributed by atoms with E-state index in [1.165, 1.54) is 0 Å². The number of benzene rings is 1. The Bertz CT molecular complexity index is 552. The average Bonchev–Trinajstić information content (AvgIpc) is 2.94. The van der Waals surface area contributed by atoms with Gasteiger partial charge in [-0.2, -0.15) is 0 Å². The van der Waals surface area contributed by atoms with E-state index >= 15 is 0 Å². The number of esters is 1. The minimum atomic E-state index is -1.07. The van der Waals surface area contributed by atoms with E-state index in [-0.39, 0.29) is 30.9 Å². The monoisotopic (exact) mass is 320 g/mol. The number of fused-ring (bicyclic) bond motifs is 3. The van der Waals surface area contributed by atoms with Crippen LogP contribution < -0.4 is 0 Å². The van der Waals surface area contributed by atoms with Gasteiger partial charge in [-0.15, -0.1) is 0 Å². The lowest BCUT2D eigenvalue weighted by molar-refractivity contribution is -0.141. The van der Waals surface area contributed by atoms with Crippen molar-refractivity contribution in [2.45, 2.75) is 44.3 Å². The first-order chi connectivity index (χ1) is 10.5. The van der Waals surface area contributed by atoms with Crippen LogP contribution in [0.1, 0.15) is 29.8 Å². The zero-order valence-electron chi connectivity index (χ0n) is 13.5. The number of carbonyl (C=O) groups excluding carboxylic acids is 1. The average molecular weight is 320 g/mol. The Balaban J connectivity index is 1.60. The predicted molar refractivity (Wildman–Crippen MR) is 86.2 cm³/mol. The van der Waals surface area contributed by atoms with E-state index in [1.807, 2.05) is 18.2 Å². The largest absolute Gasteiger partial charge is 0.457 e. The Kier molecular flexibility index (Phi) is 4.39. The summed E-state index contributed by atoms with van der Waals surface area (Å²) in [6.45, 7) is 8.01. The second-order valence-electron chi connectivity index (χ2n) is 7.33. The molecule has 0 bridgehead atoms. The lowest BCUT2D eigenvalue weighted by Crippen LogP contribution is -2.22. The number of carbonyl (C=O) groups is 1. The fourth-order valence-electron chi connectivity index (χ4n) is 3.17. The van der Waals surface area contributed by atoms with E-state index in [4.69, 9.17) is 14.2 Å². The van der Waals surface area contributed by atoms with Crippen molar-refractivity contribution in [1.29, 1.82) is 0 Å². The highest BCUT2D eigenvalue weighted by Gasteiger charge is 2.49. The molecule has 1 fully saturated rings. The van der Waals surface area contributed by atoms with Crippen molar-refractivity contribution in [1.82, 2.24) is 0 Å². The van der Waals surface area contributed by atoms with Gasteiger partial charge >= 0.3 is 5.97 Å². The molecule has 1 saturated heterocycles. The zero-order valence-corrected chi connectivity index (χ0v) is 14.5. The van der Waals surface area contributed by atoms with E-state index in [2.05, 4.69) is 25.7 Å². The van der Waals surface area contributed by atoms with Crippen LogP contribution in [0.15, 0.2) is 24.3 Å². The molecule has 120 valence electrons. The summed E-state index contributed by atoms with van der Waals surface area (Å²) in [7, 11) is -1.07. The van der Waals surface area contributed by atoms with Gasteiger partial charge < -0.3 is 14.2 Å². The summed E-state index contributed by atoms with van der Waals surface area (Å²) >= 11 is 0. The molecular weight excluding hydrogens is 296 g/mol. The molecule has 3 rings (SSSR count). The van der Waals surface area contributed by atoms with Crippen LogP contribution in [-0.2, 0) is 19.0 Å². The Morgan fingerprint density at radius 3 is 2.68 bits per heavy atom. The van der Waals surface area contributed by atoms with Gasteiger partial charge in [-0.3, -0.25) is 4.79 Å². The maximum absolute atomic E-state index is 11.6. The van der Waals surface area contributed by atoms with Gasteiger partial charge in [0.05, 0.1) is 12.5 Å². The maximum atomic E-state index is 11.6. The van der Waals surface area contributed by atoms with Crippen molar-refractivity contribution in [3.63, 3.8) is 0 Å². The van der Waals surface area contributed by atoms with E-state index in [9.17, 15) is 4.79 Å². The van der Waals surface area contributed by atoms with Gasteiger partial charge in [0.1, 0.15) is 12.9 Å². The molecule has 0 N–H and O–H groups in total. The smallest absolute Gasteiger partial charge is 0.306 e. The molecule has 0 saturated carbocycles. The molecule has 0 spiro atoms. The molecule has 0 radical (unpaired) electrons. The lowest BCUT2D eigenvalue weighted by Gasteiger charge is -2.19. The second kappa shape index (κ2) is 6.14. The van der Waals surface area contributed by atoms with Gasteiger partial charge in [-0.1, -0.05) is 43.9 Å². The van der Waals surface area contributed by atoms with Crippen molar-refractivity contribution in [2.75, 3.05) is 13.4 Å². The number of hydrogen-bond donors (Lipinski definition) is 0. The van der Waals surface area contributed by atoms with Crippen LogP contribution in [-0.4, -0.2) is 27.4 Å². The minimum Gasteiger partial charge on any atom is -0.457 e. The van der Waals surface area contributed by atoms with Crippen molar-refractivity contribution in [3.8, 4) is 0 Å². The molecular formula is C17H24O4Si. The fraction of sp³-hybridized carbons (Fsp3) is 0.588. The Morgan fingerprint density at radius 1 is 1.23 bits per heavy atom. The third-order valence-electron chi connectivity index (χ3n) is 4.37. The SMILES string of the molecule is C[Si](C)(C)CCOCO[C@H]1c2ccccc2[C@H]2OC(=O)C[C@H]21. The molecule has 1 aliphatic heterocycles. The first kappa shape index (κ1) is 15.7. The molecule has 0 aromatic heterocycles. The molecule has 1 aliphatic carbocycles. The van der Waals surface area contributed by atoms with E-state index < -0.39 is 8.07 Å². The topological polar surface area (TPSA) is 44.8 Å². The zero-order chi connectivity index (χ0) is 15.7. The molecule has 22 heavy (non-hydrogen) atoms. The summed E-state index contributed by atoms with van der Waals surface area (Å²) in [4.78, 5) is 11.6. The van der Waals surface area contributed by atoms with Crippen LogP contribution in [0.5, 0.6) is 0 Å². The Labute approximate surface area is 132 Å². The molecule has 5 heteroatoms. The quantitative estimate of drug-likeness (QED) is 0.347. The van der Waals surface area contributed by atoms with Gasteiger partial charge in [-0.25, -0.2) is 0 Å². The van der Waals surface area contributed by atoms with Crippen LogP contribution in [0.2, 0.25) is 25.7 Å². The predicted octanol–water partition coefficient (Wildman–Crippen LogP) is 3.67. The molecule has 1 aromatic rings. The molecule has 2 aliphatic rings. The molecule has 4 nitrogen and oxygen atoms in total. The minimum absolute atomic E-state index is 0.0884. The van der Waals surface area contributed by atoms with Crippen molar-refractivity contribution < 1.29 is 19.0 Å². The second-order valence-corrected chi connectivity index (χ2v) is 13.0. The summed E-state index contributed by atoms with van der Waals surface area (Å²) in [5.41, 5.74) is 2.23. The fourth-order valence-corrected chi connectivity index (χ4v) is 3.93. The normalized spacial score (nSPS) is 26.7. The summed E-state index contributed by atoms with van der Waals surface area (Å²) in [5.74, 6) is -0.0387. The van der Waals surface area contributed by atoms with Crippen LogP contribution in [0.25, 0.3) is 0 Å². The van der Waals surface area contributed by atoms with Crippen LogP contribution >= 0.6 is 0 Å². The Morgan fingerprint density at radius 2 is 1.95 bits per heavy atom.